The van der Waals surface area contributed by atoms with E-state index in [1.54, 1.807) is 19.1 Å². The van der Waals surface area contributed by atoms with Crippen molar-refractivity contribution in [2.75, 3.05) is 26.7 Å². The van der Waals surface area contributed by atoms with Crippen molar-refractivity contribution in [1.29, 1.82) is 0 Å². The monoisotopic (exact) mass is 271 g/mol. The molecule has 0 bridgehead atoms. The summed E-state index contributed by atoms with van der Waals surface area (Å²) in [4.78, 5) is 12.6. The molecule has 1 atom stereocenters. The summed E-state index contributed by atoms with van der Waals surface area (Å²) in [7, 11) is 1.88. The van der Waals surface area contributed by atoms with Gasteiger partial charge in [-0.1, -0.05) is 18.5 Å². The predicted molar refractivity (Wildman–Crippen MR) is 71.2 cm³/mol. The van der Waals surface area contributed by atoms with Crippen LogP contribution in [0.25, 0.3) is 0 Å². The molecule has 0 aliphatic rings. The molecule has 0 aromatic heterocycles. The van der Waals surface area contributed by atoms with Crippen LogP contribution in [0.4, 0.5) is 0 Å². The van der Waals surface area contributed by atoms with Crippen LogP contribution in [0.5, 0.6) is 5.75 Å². The van der Waals surface area contributed by atoms with E-state index in [-0.39, 0.29) is 5.92 Å². The number of carbonyl (C=O) groups is 1. The lowest BCUT2D eigenvalue weighted by atomic mass is 10.2. The number of hydrogen-bond donors (Lipinski definition) is 1. The molecule has 0 aliphatic carbocycles. The van der Waals surface area contributed by atoms with Gasteiger partial charge in [0.15, 0.2) is 0 Å². The molecule has 1 aromatic rings. The van der Waals surface area contributed by atoms with Gasteiger partial charge in [0.1, 0.15) is 12.4 Å². The number of ether oxygens (including phenoxy) is 1. The van der Waals surface area contributed by atoms with E-state index in [9.17, 15) is 4.79 Å². The van der Waals surface area contributed by atoms with E-state index in [1.165, 1.54) is 0 Å². The fraction of sp³-hybridized carbons (Fsp3) is 0.462. The van der Waals surface area contributed by atoms with Crippen LogP contribution in [0.15, 0.2) is 24.3 Å². The second-order valence-electron chi connectivity index (χ2n) is 4.30. The van der Waals surface area contributed by atoms with Gasteiger partial charge in [0.05, 0.1) is 5.92 Å². The zero-order chi connectivity index (χ0) is 13.5. The van der Waals surface area contributed by atoms with Crippen LogP contribution in [0, 0.1) is 5.92 Å². The maximum absolute atomic E-state index is 10.7. The van der Waals surface area contributed by atoms with Crippen LogP contribution in [0.1, 0.15) is 6.92 Å². The smallest absolute Gasteiger partial charge is 0.307 e. The van der Waals surface area contributed by atoms with Gasteiger partial charge < -0.3 is 14.7 Å². The Morgan fingerprint density at radius 3 is 2.61 bits per heavy atom. The predicted octanol–water partition coefficient (Wildman–Crippen LogP) is 2.37. The van der Waals surface area contributed by atoms with Crippen molar-refractivity contribution in [1.82, 2.24) is 4.90 Å². The Bertz CT molecular complexity index is 380. The highest BCUT2D eigenvalue weighted by Crippen LogP contribution is 2.15. The first-order valence-corrected chi connectivity index (χ1v) is 6.16. The van der Waals surface area contributed by atoms with Gasteiger partial charge in [0.2, 0.25) is 0 Å². The standard InChI is InChI=1S/C13H18ClNO3/c1-10(13(16)17)9-15(2)7-8-18-12-5-3-11(14)4-6-12/h3-6,10H,7-9H2,1-2H3,(H,16,17). The maximum Gasteiger partial charge on any atom is 0.307 e. The van der Waals surface area contributed by atoms with Crippen LogP contribution in [-0.2, 0) is 4.79 Å². The van der Waals surface area contributed by atoms with E-state index in [1.807, 2.05) is 24.1 Å². The van der Waals surface area contributed by atoms with E-state index in [0.29, 0.717) is 24.7 Å². The summed E-state index contributed by atoms with van der Waals surface area (Å²) in [5.74, 6) is -0.384. The quantitative estimate of drug-likeness (QED) is 0.827. The summed E-state index contributed by atoms with van der Waals surface area (Å²) in [6, 6.07) is 7.16. The highest BCUT2D eigenvalue weighted by atomic mass is 35.5. The second-order valence-corrected chi connectivity index (χ2v) is 4.74. The topological polar surface area (TPSA) is 49.8 Å². The van der Waals surface area contributed by atoms with E-state index in [4.69, 9.17) is 21.4 Å². The summed E-state index contributed by atoms with van der Waals surface area (Å²) in [6.45, 7) is 3.41. The summed E-state index contributed by atoms with van der Waals surface area (Å²) in [6.07, 6.45) is 0. The molecule has 4 nitrogen and oxygen atoms in total. The largest absolute Gasteiger partial charge is 0.492 e. The van der Waals surface area contributed by atoms with Gasteiger partial charge in [-0.25, -0.2) is 0 Å². The minimum absolute atomic E-state index is 0.370. The molecule has 0 amide bonds. The van der Waals surface area contributed by atoms with E-state index in [2.05, 4.69) is 0 Å². The molecule has 1 rings (SSSR count). The number of nitrogens with zero attached hydrogens (tertiary/aromatic N) is 1. The van der Waals surface area contributed by atoms with E-state index in [0.717, 1.165) is 5.75 Å². The molecule has 1 unspecified atom stereocenters. The average Bonchev–Trinajstić information content (AvgIpc) is 2.31. The number of hydrogen-bond acceptors (Lipinski definition) is 3. The average molecular weight is 272 g/mol. The molecule has 0 spiro atoms. The van der Waals surface area contributed by atoms with Crippen molar-refractivity contribution in [3.05, 3.63) is 29.3 Å². The van der Waals surface area contributed by atoms with Crippen molar-refractivity contribution >= 4 is 17.6 Å². The van der Waals surface area contributed by atoms with Gasteiger partial charge in [-0.3, -0.25) is 4.79 Å². The fourth-order valence-electron chi connectivity index (χ4n) is 1.49. The van der Waals surface area contributed by atoms with Crippen molar-refractivity contribution in [2.24, 2.45) is 5.92 Å². The van der Waals surface area contributed by atoms with E-state index < -0.39 is 5.97 Å². The number of rotatable bonds is 7. The van der Waals surface area contributed by atoms with Crippen LogP contribution >= 0.6 is 11.6 Å². The van der Waals surface area contributed by atoms with Crippen LogP contribution < -0.4 is 4.74 Å². The van der Waals surface area contributed by atoms with E-state index >= 15 is 0 Å². The van der Waals surface area contributed by atoms with Gasteiger partial charge in [0.25, 0.3) is 0 Å². The van der Waals surface area contributed by atoms with Crippen LogP contribution in [0.2, 0.25) is 5.02 Å². The molecule has 18 heavy (non-hydrogen) atoms. The minimum atomic E-state index is -0.777. The lowest BCUT2D eigenvalue weighted by Crippen LogP contribution is -2.31. The third kappa shape index (κ3) is 5.38. The lowest BCUT2D eigenvalue weighted by Gasteiger charge is -2.19. The van der Waals surface area contributed by atoms with Gasteiger partial charge in [0, 0.05) is 18.1 Å². The van der Waals surface area contributed by atoms with Gasteiger partial charge in [-0.05, 0) is 31.3 Å². The number of carboxylic acid groups (broad SMARTS) is 1. The molecule has 0 heterocycles. The first-order valence-electron chi connectivity index (χ1n) is 5.78. The van der Waals surface area contributed by atoms with Crippen LogP contribution in [-0.4, -0.2) is 42.7 Å². The molecule has 1 aromatic carbocycles. The number of carboxylic acids is 1. The summed E-state index contributed by atoms with van der Waals surface area (Å²) < 4.78 is 5.53. The molecular formula is C13H18ClNO3. The molecule has 0 aliphatic heterocycles. The van der Waals surface area contributed by atoms with Crippen molar-refractivity contribution < 1.29 is 14.6 Å². The molecule has 0 fully saturated rings. The fourth-order valence-corrected chi connectivity index (χ4v) is 1.61. The zero-order valence-corrected chi connectivity index (χ0v) is 11.4. The molecule has 5 heteroatoms. The normalized spacial score (nSPS) is 12.4. The highest BCUT2D eigenvalue weighted by Gasteiger charge is 2.13. The molecule has 0 saturated carbocycles. The first kappa shape index (κ1) is 14.8. The molecular weight excluding hydrogens is 254 g/mol. The Kier molecular flexibility index (Phi) is 5.95. The van der Waals surface area contributed by atoms with Crippen molar-refractivity contribution in [3.8, 4) is 5.75 Å². The third-order valence-corrected chi connectivity index (χ3v) is 2.81. The maximum atomic E-state index is 10.7. The van der Waals surface area contributed by atoms with Crippen molar-refractivity contribution in [2.45, 2.75) is 6.92 Å². The Balaban J connectivity index is 2.25. The molecule has 0 saturated heterocycles. The zero-order valence-electron chi connectivity index (χ0n) is 10.6. The highest BCUT2D eigenvalue weighted by molar-refractivity contribution is 6.30. The van der Waals surface area contributed by atoms with Crippen molar-refractivity contribution in [3.63, 3.8) is 0 Å². The molecule has 100 valence electrons. The summed E-state index contributed by atoms with van der Waals surface area (Å²) in [5, 5.41) is 9.47. The Labute approximate surface area is 112 Å². The summed E-state index contributed by atoms with van der Waals surface area (Å²) >= 11 is 5.76. The number of likely N-dealkylation sites (N-methyl/N-ethyl adjacent to an activating group) is 1. The lowest BCUT2D eigenvalue weighted by molar-refractivity contribution is -0.141. The molecule has 1 N–H and O–H groups in total. The minimum Gasteiger partial charge on any atom is -0.492 e. The Hall–Kier alpha value is -1.26. The number of benzene rings is 1. The first-order chi connectivity index (χ1) is 8.49. The van der Waals surface area contributed by atoms with Gasteiger partial charge in [-0.2, -0.15) is 0 Å². The Morgan fingerprint density at radius 2 is 2.06 bits per heavy atom. The van der Waals surface area contributed by atoms with Crippen LogP contribution in [0.3, 0.4) is 0 Å². The number of halogens is 1. The molecule has 0 radical (unpaired) electrons. The summed E-state index contributed by atoms with van der Waals surface area (Å²) in [5.41, 5.74) is 0. The second kappa shape index (κ2) is 7.24. The Morgan fingerprint density at radius 1 is 1.44 bits per heavy atom. The third-order valence-electron chi connectivity index (χ3n) is 2.56. The number of aliphatic carboxylic acids is 1. The SMILES string of the molecule is CC(CN(C)CCOc1ccc(Cl)cc1)C(=O)O. The van der Waals surface area contributed by atoms with Gasteiger partial charge in [-0.15, -0.1) is 0 Å². The van der Waals surface area contributed by atoms with Gasteiger partial charge >= 0.3 is 5.97 Å².